The van der Waals surface area contributed by atoms with Gasteiger partial charge in [0.1, 0.15) is 5.82 Å². The molecule has 0 aliphatic carbocycles. The van der Waals surface area contributed by atoms with Gasteiger partial charge in [0.15, 0.2) is 5.69 Å². The highest BCUT2D eigenvalue weighted by Gasteiger charge is 2.29. The van der Waals surface area contributed by atoms with Crippen LogP contribution in [0.5, 0.6) is 0 Å². The molecule has 1 fully saturated rings. The maximum absolute atomic E-state index is 13.3. The third kappa shape index (κ3) is 3.72. The van der Waals surface area contributed by atoms with Gasteiger partial charge in [-0.3, -0.25) is 9.89 Å². The van der Waals surface area contributed by atoms with E-state index in [1.54, 1.807) is 0 Å². The Morgan fingerprint density at radius 1 is 1.18 bits per heavy atom. The van der Waals surface area contributed by atoms with E-state index in [0.717, 1.165) is 54.6 Å². The quantitative estimate of drug-likeness (QED) is 0.737. The summed E-state index contributed by atoms with van der Waals surface area (Å²) in [7, 11) is 4.00. The number of anilines is 1. The van der Waals surface area contributed by atoms with E-state index in [4.69, 9.17) is 4.98 Å². The van der Waals surface area contributed by atoms with Gasteiger partial charge in [-0.15, -0.1) is 0 Å². The van der Waals surface area contributed by atoms with Gasteiger partial charge in [-0.25, -0.2) is 4.98 Å². The SMILES string of the molecule is CN(C)c1cccc(CCC2CCCCN2C(=O)c2n[nH]c3ccccc23)n1. The fourth-order valence-corrected chi connectivity index (χ4v) is 4.00. The number of hydrogen-bond acceptors (Lipinski definition) is 4. The first-order valence-corrected chi connectivity index (χ1v) is 10.0. The summed E-state index contributed by atoms with van der Waals surface area (Å²) in [5.74, 6) is 1.01. The molecule has 0 radical (unpaired) electrons. The number of benzene rings is 1. The lowest BCUT2D eigenvalue weighted by molar-refractivity contribution is 0.0597. The van der Waals surface area contributed by atoms with Crippen LogP contribution in [0.25, 0.3) is 10.9 Å². The van der Waals surface area contributed by atoms with Crippen LogP contribution in [0.3, 0.4) is 0 Å². The second-order valence-electron chi connectivity index (χ2n) is 7.69. The van der Waals surface area contributed by atoms with Crippen LogP contribution in [0, 0.1) is 0 Å². The standard InChI is InChI=1S/C22H27N5O/c1-26(2)20-12-7-8-16(23-20)13-14-17-9-5-6-15-27(17)22(28)21-18-10-3-4-11-19(18)24-25-21/h3-4,7-8,10-12,17H,5-6,9,13-15H2,1-2H3,(H,24,25). The van der Waals surface area contributed by atoms with Gasteiger partial charge in [0.05, 0.1) is 5.52 Å². The molecule has 28 heavy (non-hydrogen) atoms. The van der Waals surface area contributed by atoms with Crippen molar-refractivity contribution in [2.75, 3.05) is 25.5 Å². The number of piperidine rings is 1. The normalized spacial score (nSPS) is 17.1. The number of aryl methyl sites for hydroxylation is 1. The summed E-state index contributed by atoms with van der Waals surface area (Å²) < 4.78 is 0. The van der Waals surface area contributed by atoms with Gasteiger partial charge >= 0.3 is 0 Å². The van der Waals surface area contributed by atoms with Crippen LogP contribution in [0.2, 0.25) is 0 Å². The summed E-state index contributed by atoms with van der Waals surface area (Å²) in [5, 5.41) is 8.21. The molecule has 1 saturated heterocycles. The third-order valence-corrected chi connectivity index (χ3v) is 5.54. The monoisotopic (exact) mass is 377 g/mol. The number of hydrogen-bond donors (Lipinski definition) is 1. The average Bonchev–Trinajstić information content (AvgIpc) is 3.16. The van der Waals surface area contributed by atoms with Crippen molar-refractivity contribution in [3.05, 3.63) is 53.9 Å². The van der Waals surface area contributed by atoms with Crippen LogP contribution < -0.4 is 4.90 Å². The Balaban J connectivity index is 1.50. The van der Waals surface area contributed by atoms with E-state index in [-0.39, 0.29) is 11.9 Å². The predicted molar refractivity (Wildman–Crippen MR) is 112 cm³/mol. The lowest BCUT2D eigenvalue weighted by atomic mass is 9.96. The molecular weight excluding hydrogens is 350 g/mol. The van der Waals surface area contributed by atoms with Gasteiger partial charge in [-0.1, -0.05) is 24.3 Å². The molecule has 4 rings (SSSR count). The topological polar surface area (TPSA) is 65.1 Å². The molecule has 0 saturated carbocycles. The Hall–Kier alpha value is -2.89. The Labute approximate surface area is 165 Å². The van der Waals surface area contributed by atoms with E-state index >= 15 is 0 Å². The van der Waals surface area contributed by atoms with Gasteiger partial charge in [0.25, 0.3) is 5.91 Å². The van der Waals surface area contributed by atoms with Crippen molar-refractivity contribution in [3.8, 4) is 0 Å². The van der Waals surface area contributed by atoms with Crippen LogP contribution in [0.15, 0.2) is 42.5 Å². The Morgan fingerprint density at radius 2 is 2.04 bits per heavy atom. The molecule has 0 bridgehead atoms. The van der Waals surface area contributed by atoms with E-state index in [9.17, 15) is 4.79 Å². The zero-order chi connectivity index (χ0) is 19.5. The number of carbonyl (C=O) groups is 1. The van der Waals surface area contributed by atoms with Gasteiger partial charge in [0, 0.05) is 37.8 Å². The number of aromatic amines is 1. The first kappa shape index (κ1) is 18.5. The molecule has 0 spiro atoms. The number of aromatic nitrogens is 3. The number of pyridine rings is 1. The Kier molecular flexibility index (Phi) is 5.28. The van der Waals surface area contributed by atoms with Crippen LogP contribution in [-0.4, -0.2) is 52.7 Å². The number of likely N-dealkylation sites (tertiary alicyclic amines) is 1. The summed E-state index contributed by atoms with van der Waals surface area (Å²) >= 11 is 0. The van der Waals surface area contributed by atoms with Crippen LogP contribution in [0.4, 0.5) is 5.82 Å². The predicted octanol–water partition coefficient (Wildman–Crippen LogP) is 3.65. The van der Waals surface area contributed by atoms with E-state index in [2.05, 4.69) is 22.3 Å². The highest BCUT2D eigenvalue weighted by atomic mass is 16.2. The Morgan fingerprint density at radius 3 is 2.89 bits per heavy atom. The van der Waals surface area contributed by atoms with Crippen molar-refractivity contribution >= 4 is 22.6 Å². The molecule has 1 aromatic carbocycles. The molecule has 3 heterocycles. The van der Waals surface area contributed by atoms with Crippen molar-refractivity contribution in [2.45, 2.75) is 38.1 Å². The molecule has 6 nitrogen and oxygen atoms in total. The maximum atomic E-state index is 13.3. The average molecular weight is 377 g/mol. The second kappa shape index (κ2) is 8.00. The van der Waals surface area contributed by atoms with Crippen molar-refractivity contribution < 1.29 is 4.79 Å². The lowest BCUT2D eigenvalue weighted by Gasteiger charge is -2.35. The molecular formula is C22H27N5O. The summed E-state index contributed by atoms with van der Waals surface area (Å²) in [4.78, 5) is 22.0. The minimum absolute atomic E-state index is 0.0390. The first-order chi connectivity index (χ1) is 13.6. The molecule has 6 heteroatoms. The maximum Gasteiger partial charge on any atom is 0.275 e. The highest BCUT2D eigenvalue weighted by molar-refractivity contribution is 6.04. The number of para-hydroxylation sites is 1. The van der Waals surface area contributed by atoms with Gasteiger partial charge in [-0.05, 0) is 50.3 Å². The van der Waals surface area contributed by atoms with Crippen molar-refractivity contribution in [2.24, 2.45) is 0 Å². The van der Waals surface area contributed by atoms with E-state index in [1.807, 2.05) is 54.2 Å². The van der Waals surface area contributed by atoms with Crippen molar-refractivity contribution in [3.63, 3.8) is 0 Å². The molecule has 1 amide bonds. The summed E-state index contributed by atoms with van der Waals surface area (Å²) in [6.45, 7) is 0.801. The molecule has 1 unspecified atom stereocenters. The number of carbonyl (C=O) groups excluding carboxylic acids is 1. The van der Waals surface area contributed by atoms with Gasteiger partial charge < -0.3 is 9.80 Å². The highest BCUT2D eigenvalue weighted by Crippen LogP contribution is 2.25. The van der Waals surface area contributed by atoms with E-state index in [1.165, 1.54) is 6.42 Å². The van der Waals surface area contributed by atoms with Crippen LogP contribution in [-0.2, 0) is 6.42 Å². The zero-order valence-corrected chi connectivity index (χ0v) is 16.6. The fraction of sp³-hybridized carbons (Fsp3) is 0.409. The van der Waals surface area contributed by atoms with Crippen LogP contribution in [0.1, 0.15) is 41.9 Å². The van der Waals surface area contributed by atoms with Crippen LogP contribution >= 0.6 is 0 Å². The summed E-state index contributed by atoms with van der Waals surface area (Å²) in [6, 6.07) is 14.2. The van der Waals surface area contributed by atoms with Crippen molar-refractivity contribution in [1.82, 2.24) is 20.1 Å². The zero-order valence-electron chi connectivity index (χ0n) is 16.6. The van der Waals surface area contributed by atoms with E-state index < -0.39 is 0 Å². The summed E-state index contributed by atoms with van der Waals surface area (Å²) in [6.07, 6.45) is 5.07. The number of rotatable bonds is 5. The Bertz CT molecular complexity index is 964. The van der Waals surface area contributed by atoms with E-state index in [0.29, 0.717) is 5.69 Å². The molecule has 1 N–H and O–H groups in total. The fourth-order valence-electron chi connectivity index (χ4n) is 4.00. The molecule has 1 aliphatic heterocycles. The smallest absolute Gasteiger partial charge is 0.275 e. The molecule has 1 atom stereocenters. The van der Waals surface area contributed by atoms with Gasteiger partial charge in [-0.2, -0.15) is 5.10 Å². The van der Waals surface area contributed by atoms with Gasteiger partial charge in [0.2, 0.25) is 0 Å². The third-order valence-electron chi connectivity index (χ3n) is 5.54. The number of nitrogens with one attached hydrogen (secondary N) is 1. The minimum Gasteiger partial charge on any atom is -0.363 e. The number of nitrogens with zero attached hydrogens (tertiary/aromatic N) is 4. The number of amides is 1. The van der Waals surface area contributed by atoms with Crippen molar-refractivity contribution in [1.29, 1.82) is 0 Å². The second-order valence-corrected chi connectivity index (χ2v) is 7.69. The lowest BCUT2D eigenvalue weighted by Crippen LogP contribution is -2.44. The molecule has 146 valence electrons. The molecule has 3 aromatic rings. The molecule has 2 aromatic heterocycles. The summed E-state index contributed by atoms with van der Waals surface area (Å²) in [5.41, 5.74) is 2.52. The number of H-pyrrole nitrogens is 1. The first-order valence-electron chi connectivity index (χ1n) is 10.0. The minimum atomic E-state index is 0.0390. The number of fused-ring (bicyclic) bond motifs is 1. The largest absolute Gasteiger partial charge is 0.363 e. The molecule has 1 aliphatic rings.